The van der Waals surface area contributed by atoms with Gasteiger partial charge in [0.1, 0.15) is 11.6 Å². The fourth-order valence-electron chi connectivity index (χ4n) is 4.59. The van der Waals surface area contributed by atoms with Gasteiger partial charge in [-0.3, -0.25) is 14.6 Å². The molecule has 158 valence electrons. The first kappa shape index (κ1) is 20.6. The Morgan fingerprint density at radius 1 is 0.967 bits per heavy atom. The standard InChI is InChI=1S/C25H31N3O2/c1-18-8-12-20(13-9-18)28-23(26-19-10-14-21(30-4)15-11-19)22(25(2,3)24(28)29)27-16-6-5-7-17-27/h8-15,22H,5-7,16-17H2,1-4H3. The first-order valence-electron chi connectivity index (χ1n) is 10.8. The van der Waals surface area contributed by atoms with Crippen LogP contribution in [0.3, 0.4) is 0 Å². The van der Waals surface area contributed by atoms with Crippen LogP contribution < -0.4 is 9.64 Å². The van der Waals surface area contributed by atoms with Gasteiger partial charge in [-0.1, -0.05) is 24.1 Å². The molecule has 0 aromatic heterocycles. The van der Waals surface area contributed by atoms with Crippen molar-refractivity contribution in [3.63, 3.8) is 0 Å². The fraction of sp³-hybridized carbons (Fsp3) is 0.440. The second kappa shape index (κ2) is 8.23. The summed E-state index contributed by atoms with van der Waals surface area (Å²) in [6.45, 7) is 8.19. The maximum absolute atomic E-state index is 13.7. The second-order valence-electron chi connectivity index (χ2n) is 8.86. The molecule has 0 radical (unpaired) electrons. The first-order valence-corrected chi connectivity index (χ1v) is 10.8. The maximum Gasteiger partial charge on any atom is 0.240 e. The van der Waals surface area contributed by atoms with Crippen molar-refractivity contribution in [2.45, 2.75) is 46.1 Å². The molecule has 2 aromatic carbocycles. The third-order valence-electron chi connectivity index (χ3n) is 6.28. The Balaban J connectivity index is 1.83. The van der Waals surface area contributed by atoms with E-state index in [1.54, 1.807) is 7.11 Å². The summed E-state index contributed by atoms with van der Waals surface area (Å²) in [6.07, 6.45) is 3.59. The molecule has 4 rings (SSSR count). The molecule has 0 bridgehead atoms. The largest absolute Gasteiger partial charge is 0.497 e. The van der Waals surface area contributed by atoms with Crippen LogP contribution in [-0.2, 0) is 4.79 Å². The number of likely N-dealkylation sites (tertiary alicyclic amines) is 1. The lowest BCUT2D eigenvalue weighted by molar-refractivity contribution is -0.125. The maximum atomic E-state index is 13.7. The van der Waals surface area contributed by atoms with Gasteiger partial charge in [0.15, 0.2) is 0 Å². The first-order chi connectivity index (χ1) is 14.4. The summed E-state index contributed by atoms with van der Waals surface area (Å²) in [5.41, 5.74) is 2.33. The molecule has 0 saturated carbocycles. The van der Waals surface area contributed by atoms with Gasteiger partial charge in [0.2, 0.25) is 5.91 Å². The lowest BCUT2D eigenvalue weighted by atomic mass is 9.84. The van der Waals surface area contributed by atoms with Crippen molar-refractivity contribution in [3.05, 3.63) is 54.1 Å². The Hall–Kier alpha value is -2.66. The van der Waals surface area contributed by atoms with Gasteiger partial charge >= 0.3 is 0 Å². The number of nitrogens with zero attached hydrogens (tertiary/aromatic N) is 3. The van der Waals surface area contributed by atoms with Crippen LogP contribution in [-0.4, -0.2) is 42.9 Å². The van der Waals surface area contributed by atoms with E-state index >= 15 is 0 Å². The number of aryl methyl sites for hydroxylation is 1. The quantitative estimate of drug-likeness (QED) is 0.722. The number of piperidine rings is 1. The molecule has 5 heteroatoms. The van der Waals surface area contributed by atoms with Crippen molar-refractivity contribution in [3.8, 4) is 5.75 Å². The number of ether oxygens (including phenoxy) is 1. The third kappa shape index (κ3) is 3.74. The van der Waals surface area contributed by atoms with Crippen molar-refractivity contribution in [2.75, 3.05) is 25.1 Å². The molecule has 2 aromatic rings. The Bertz CT molecular complexity index is 926. The SMILES string of the molecule is COc1ccc(N=C2C(N3CCCCC3)C(C)(C)C(=O)N2c2ccc(C)cc2)cc1. The van der Waals surface area contributed by atoms with E-state index in [9.17, 15) is 4.79 Å². The monoisotopic (exact) mass is 405 g/mol. The summed E-state index contributed by atoms with van der Waals surface area (Å²) in [6, 6.07) is 15.8. The summed E-state index contributed by atoms with van der Waals surface area (Å²) in [4.78, 5) is 23.0. The highest BCUT2D eigenvalue weighted by Crippen LogP contribution is 2.41. The van der Waals surface area contributed by atoms with Crippen LogP contribution in [0.1, 0.15) is 38.7 Å². The van der Waals surface area contributed by atoms with E-state index in [1.165, 1.54) is 24.8 Å². The second-order valence-corrected chi connectivity index (χ2v) is 8.86. The minimum Gasteiger partial charge on any atom is -0.497 e. The fourth-order valence-corrected chi connectivity index (χ4v) is 4.59. The van der Waals surface area contributed by atoms with Gasteiger partial charge in [-0.25, -0.2) is 4.99 Å². The molecule has 5 nitrogen and oxygen atoms in total. The van der Waals surface area contributed by atoms with E-state index in [4.69, 9.17) is 9.73 Å². The lowest BCUT2D eigenvalue weighted by Crippen LogP contribution is -2.49. The predicted molar refractivity (Wildman–Crippen MR) is 122 cm³/mol. The smallest absolute Gasteiger partial charge is 0.240 e. The van der Waals surface area contributed by atoms with Gasteiger partial charge in [-0.2, -0.15) is 0 Å². The van der Waals surface area contributed by atoms with E-state index < -0.39 is 5.41 Å². The van der Waals surface area contributed by atoms with Crippen molar-refractivity contribution in [1.82, 2.24) is 4.90 Å². The van der Waals surface area contributed by atoms with Crippen molar-refractivity contribution < 1.29 is 9.53 Å². The van der Waals surface area contributed by atoms with E-state index in [0.717, 1.165) is 36.0 Å². The van der Waals surface area contributed by atoms with E-state index in [1.807, 2.05) is 41.3 Å². The molecule has 0 aliphatic carbocycles. The van der Waals surface area contributed by atoms with Crippen LogP contribution in [0.4, 0.5) is 11.4 Å². The number of methoxy groups -OCH3 is 1. The summed E-state index contributed by atoms with van der Waals surface area (Å²) in [7, 11) is 1.66. The van der Waals surface area contributed by atoms with Crippen LogP contribution in [0.2, 0.25) is 0 Å². The Morgan fingerprint density at radius 3 is 2.20 bits per heavy atom. The molecule has 2 heterocycles. The van der Waals surface area contributed by atoms with Crippen molar-refractivity contribution in [1.29, 1.82) is 0 Å². The zero-order valence-corrected chi connectivity index (χ0v) is 18.4. The highest BCUT2D eigenvalue weighted by atomic mass is 16.5. The van der Waals surface area contributed by atoms with Gasteiger partial charge in [-0.05, 0) is 83.1 Å². The van der Waals surface area contributed by atoms with Gasteiger partial charge in [0.05, 0.1) is 29.9 Å². The zero-order valence-electron chi connectivity index (χ0n) is 18.4. The molecular weight excluding hydrogens is 374 g/mol. The molecule has 2 saturated heterocycles. The van der Waals surface area contributed by atoms with Gasteiger partial charge < -0.3 is 4.74 Å². The predicted octanol–water partition coefficient (Wildman–Crippen LogP) is 4.96. The third-order valence-corrected chi connectivity index (χ3v) is 6.28. The highest BCUT2D eigenvalue weighted by molar-refractivity contribution is 6.27. The number of carbonyl (C=O) groups excluding carboxylic acids is 1. The number of hydrogen-bond acceptors (Lipinski definition) is 4. The topological polar surface area (TPSA) is 45.1 Å². The Labute approximate surface area is 179 Å². The van der Waals surface area contributed by atoms with Gasteiger partial charge in [0.25, 0.3) is 0 Å². The molecular formula is C25H31N3O2. The van der Waals surface area contributed by atoms with Crippen LogP contribution in [0.5, 0.6) is 5.75 Å². The van der Waals surface area contributed by atoms with Crippen molar-refractivity contribution >= 4 is 23.1 Å². The van der Waals surface area contributed by atoms with E-state index in [2.05, 4.69) is 37.8 Å². The minimum atomic E-state index is -0.548. The number of amides is 1. The lowest BCUT2D eigenvalue weighted by Gasteiger charge is -2.37. The molecule has 2 aliphatic rings. The Morgan fingerprint density at radius 2 is 1.60 bits per heavy atom. The van der Waals surface area contributed by atoms with E-state index in [0.29, 0.717) is 0 Å². The normalized spacial score (nSPS) is 23.2. The average molecular weight is 406 g/mol. The Kier molecular flexibility index (Phi) is 5.65. The molecule has 30 heavy (non-hydrogen) atoms. The van der Waals surface area contributed by atoms with Crippen molar-refractivity contribution in [2.24, 2.45) is 10.4 Å². The average Bonchev–Trinajstić information content (AvgIpc) is 2.95. The number of amidine groups is 1. The summed E-state index contributed by atoms with van der Waals surface area (Å²) in [5.74, 6) is 1.72. The molecule has 0 N–H and O–H groups in total. The van der Waals surface area contributed by atoms with Crippen LogP contribution >= 0.6 is 0 Å². The summed E-state index contributed by atoms with van der Waals surface area (Å²) in [5, 5.41) is 0. The molecule has 1 amide bonds. The molecule has 0 spiro atoms. The van der Waals surface area contributed by atoms with Gasteiger partial charge in [0, 0.05) is 0 Å². The number of carbonyl (C=O) groups is 1. The highest BCUT2D eigenvalue weighted by Gasteiger charge is 2.54. The van der Waals surface area contributed by atoms with E-state index in [-0.39, 0.29) is 11.9 Å². The zero-order chi connectivity index (χ0) is 21.3. The molecule has 2 aliphatic heterocycles. The number of rotatable bonds is 4. The van der Waals surface area contributed by atoms with Crippen LogP contribution in [0, 0.1) is 12.3 Å². The number of hydrogen-bond donors (Lipinski definition) is 0. The number of benzene rings is 2. The van der Waals surface area contributed by atoms with Crippen LogP contribution in [0.25, 0.3) is 0 Å². The number of anilines is 1. The van der Waals surface area contributed by atoms with Crippen LogP contribution in [0.15, 0.2) is 53.5 Å². The molecule has 1 unspecified atom stereocenters. The summed E-state index contributed by atoms with van der Waals surface area (Å²) < 4.78 is 5.29. The molecule has 1 atom stereocenters. The number of aliphatic imine (C=N–C) groups is 1. The molecule has 2 fully saturated rings. The van der Waals surface area contributed by atoms with Gasteiger partial charge in [-0.15, -0.1) is 0 Å². The minimum absolute atomic E-state index is 0.0475. The summed E-state index contributed by atoms with van der Waals surface area (Å²) >= 11 is 0.